The molecule has 102 valence electrons. The van der Waals surface area contributed by atoms with E-state index < -0.39 is 12.0 Å². The summed E-state index contributed by atoms with van der Waals surface area (Å²) in [6, 6.07) is -0.563. The van der Waals surface area contributed by atoms with Crippen molar-refractivity contribution < 1.29 is 24.2 Å². The van der Waals surface area contributed by atoms with Crippen molar-refractivity contribution in [3.8, 4) is 0 Å². The van der Waals surface area contributed by atoms with Crippen molar-refractivity contribution >= 4 is 12.1 Å². The van der Waals surface area contributed by atoms with Gasteiger partial charge in [0.15, 0.2) is 0 Å². The van der Waals surface area contributed by atoms with Gasteiger partial charge in [-0.1, -0.05) is 0 Å². The number of amides is 1. The number of hydrogen-bond donors (Lipinski definition) is 1. The lowest BCUT2D eigenvalue weighted by atomic mass is 10.2. The summed E-state index contributed by atoms with van der Waals surface area (Å²) < 4.78 is 10.5. The molecule has 2 aliphatic heterocycles. The Balaban J connectivity index is 1.83. The fourth-order valence-corrected chi connectivity index (χ4v) is 2.29. The van der Waals surface area contributed by atoms with Crippen molar-refractivity contribution in [3.63, 3.8) is 0 Å². The van der Waals surface area contributed by atoms with E-state index in [1.54, 1.807) is 16.8 Å². The summed E-state index contributed by atoms with van der Waals surface area (Å²) in [6.45, 7) is 2.58. The predicted molar refractivity (Wildman–Crippen MR) is 61.3 cm³/mol. The molecule has 0 unspecified atom stereocenters. The molecule has 0 aromatic rings. The SMILES string of the molecule is CN1C[C@@H](OC(=O)N2CCOCC2)C[C@H]1C(=O)O. The number of likely N-dealkylation sites (tertiary alicyclic amines) is 1. The van der Waals surface area contributed by atoms with Crippen LogP contribution in [0.3, 0.4) is 0 Å². The molecule has 0 aromatic carbocycles. The topological polar surface area (TPSA) is 79.3 Å². The predicted octanol–water partition coefficient (Wildman–Crippen LogP) is -0.387. The number of carbonyl (C=O) groups excluding carboxylic acids is 1. The Labute approximate surface area is 105 Å². The van der Waals surface area contributed by atoms with Crippen LogP contribution in [0.5, 0.6) is 0 Å². The van der Waals surface area contributed by atoms with Gasteiger partial charge in [-0.05, 0) is 7.05 Å². The smallest absolute Gasteiger partial charge is 0.410 e. The first kappa shape index (κ1) is 13.1. The van der Waals surface area contributed by atoms with Gasteiger partial charge in [0.2, 0.25) is 0 Å². The highest BCUT2D eigenvalue weighted by molar-refractivity contribution is 5.74. The van der Waals surface area contributed by atoms with Gasteiger partial charge in [0.1, 0.15) is 12.1 Å². The number of morpholine rings is 1. The van der Waals surface area contributed by atoms with Gasteiger partial charge >= 0.3 is 12.1 Å². The summed E-state index contributed by atoms with van der Waals surface area (Å²) in [7, 11) is 1.72. The van der Waals surface area contributed by atoms with Gasteiger partial charge in [-0.3, -0.25) is 9.69 Å². The number of aliphatic carboxylic acids is 1. The van der Waals surface area contributed by atoms with Crippen LogP contribution in [0.1, 0.15) is 6.42 Å². The second-order valence-electron chi connectivity index (χ2n) is 4.63. The summed E-state index contributed by atoms with van der Waals surface area (Å²) in [6.07, 6.45) is -0.365. The first-order valence-electron chi connectivity index (χ1n) is 6.04. The Hall–Kier alpha value is -1.34. The van der Waals surface area contributed by atoms with Gasteiger partial charge in [-0.25, -0.2) is 4.79 Å². The van der Waals surface area contributed by atoms with E-state index in [0.29, 0.717) is 39.3 Å². The molecule has 2 atom stereocenters. The van der Waals surface area contributed by atoms with Crippen LogP contribution < -0.4 is 0 Å². The number of carboxylic acid groups (broad SMARTS) is 1. The van der Waals surface area contributed by atoms with E-state index >= 15 is 0 Å². The molecule has 2 saturated heterocycles. The molecule has 7 heteroatoms. The number of nitrogens with zero attached hydrogens (tertiary/aromatic N) is 2. The quantitative estimate of drug-likeness (QED) is 0.727. The largest absolute Gasteiger partial charge is 0.480 e. The standard InChI is InChI=1S/C11H18N2O5/c1-12-7-8(6-9(12)10(14)15)18-11(16)13-2-4-17-5-3-13/h8-9H,2-7H2,1H3,(H,14,15)/t8-,9-/m0/s1. The van der Waals surface area contributed by atoms with Gasteiger partial charge in [-0.2, -0.15) is 0 Å². The molecule has 2 heterocycles. The Morgan fingerprint density at radius 2 is 2.00 bits per heavy atom. The van der Waals surface area contributed by atoms with E-state index in [1.807, 2.05) is 0 Å². The van der Waals surface area contributed by atoms with Crippen LogP contribution in [0.25, 0.3) is 0 Å². The minimum atomic E-state index is -0.873. The van der Waals surface area contributed by atoms with E-state index in [0.717, 1.165) is 0 Å². The molecule has 1 amide bonds. The summed E-state index contributed by atoms with van der Waals surface area (Å²) >= 11 is 0. The van der Waals surface area contributed by atoms with Crippen molar-refractivity contribution in [2.24, 2.45) is 0 Å². The zero-order valence-corrected chi connectivity index (χ0v) is 10.4. The van der Waals surface area contributed by atoms with E-state index in [2.05, 4.69) is 0 Å². The van der Waals surface area contributed by atoms with Gasteiger partial charge in [0, 0.05) is 26.1 Å². The van der Waals surface area contributed by atoms with Crippen molar-refractivity contribution in [1.29, 1.82) is 0 Å². The van der Waals surface area contributed by atoms with Crippen molar-refractivity contribution in [2.75, 3.05) is 39.9 Å². The van der Waals surface area contributed by atoms with Crippen molar-refractivity contribution in [2.45, 2.75) is 18.6 Å². The second-order valence-corrected chi connectivity index (χ2v) is 4.63. The highest BCUT2D eigenvalue weighted by Crippen LogP contribution is 2.19. The molecular formula is C11H18N2O5. The van der Waals surface area contributed by atoms with E-state index in [-0.39, 0.29) is 12.2 Å². The normalized spacial score (nSPS) is 29.3. The van der Waals surface area contributed by atoms with Crippen LogP contribution >= 0.6 is 0 Å². The minimum Gasteiger partial charge on any atom is -0.480 e. The number of ether oxygens (including phenoxy) is 2. The second kappa shape index (κ2) is 5.53. The summed E-state index contributed by atoms with van der Waals surface area (Å²) in [5.74, 6) is -0.873. The van der Waals surface area contributed by atoms with Gasteiger partial charge < -0.3 is 19.5 Å². The third-order valence-corrected chi connectivity index (χ3v) is 3.33. The molecule has 18 heavy (non-hydrogen) atoms. The van der Waals surface area contributed by atoms with Crippen LogP contribution in [0.15, 0.2) is 0 Å². The van der Waals surface area contributed by atoms with Gasteiger partial charge in [0.25, 0.3) is 0 Å². The molecule has 0 aromatic heterocycles. The van der Waals surface area contributed by atoms with Gasteiger partial charge in [-0.15, -0.1) is 0 Å². The number of likely N-dealkylation sites (N-methyl/N-ethyl adjacent to an activating group) is 1. The Bertz CT molecular complexity index is 329. The zero-order valence-electron chi connectivity index (χ0n) is 10.4. The zero-order chi connectivity index (χ0) is 13.1. The van der Waals surface area contributed by atoms with Crippen molar-refractivity contribution in [1.82, 2.24) is 9.80 Å². The highest BCUT2D eigenvalue weighted by Gasteiger charge is 2.37. The minimum absolute atomic E-state index is 0.341. The van der Waals surface area contributed by atoms with E-state index in [4.69, 9.17) is 14.6 Å². The fraction of sp³-hybridized carbons (Fsp3) is 0.818. The Morgan fingerprint density at radius 1 is 1.33 bits per heavy atom. The average molecular weight is 258 g/mol. The molecule has 2 aliphatic rings. The van der Waals surface area contributed by atoms with Crippen LogP contribution in [0.2, 0.25) is 0 Å². The fourth-order valence-electron chi connectivity index (χ4n) is 2.29. The number of rotatable bonds is 2. The van der Waals surface area contributed by atoms with Crippen LogP contribution in [0, 0.1) is 0 Å². The maximum Gasteiger partial charge on any atom is 0.410 e. The third kappa shape index (κ3) is 2.91. The molecule has 0 radical (unpaired) electrons. The molecule has 0 bridgehead atoms. The van der Waals surface area contributed by atoms with Crippen LogP contribution in [-0.4, -0.2) is 79.0 Å². The molecule has 0 spiro atoms. The summed E-state index contributed by atoms with van der Waals surface area (Å²) in [5, 5.41) is 8.98. The lowest BCUT2D eigenvalue weighted by molar-refractivity contribution is -0.141. The molecule has 2 rings (SSSR count). The van der Waals surface area contributed by atoms with Gasteiger partial charge in [0.05, 0.1) is 13.2 Å². The lowest BCUT2D eigenvalue weighted by Crippen LogP contribution is -2.42. The van der Waals surface area contributed by atoms with Crippen molar-refractivity contribution in [3.05, 3.63) is 0 Å². The molecule has 0 aliphatic carbocycles. The first-order chi connectivity index (χ1) is 8.58. The van der Waals surface area contributed by atoms with Crippen LogP contribution in [-0.2, 0) is 14.3 Å². The Morgan fingerprint density at radius 3 is 2.56 bits per heavy atom. The van der Waals surface area contributed by atoms with E-state index in [9.17, 15) is 9.59 Å². The third-order valence-electron chi connectivity index (χ3n) is 3.33. The van der Waals surface area contributed by atoms with E-state index in [1.165, 1.54) is 0 Å². The molecule has 0 saturated carbocycles. The molecule has 1 N–H and O–H groups in total. The molecular weight excluding hydrogens is 240 g/mol. The maximum atomic E-state index is 11.8. The summed E-state index contributed by atoms with van der Waals surface area (Å²) in [5.41, 5.74) is 0. The molecule has 7 nitrogen and oxygen atoms in total. The average Bonchev–Trinajstić information content (AvgIpc) is 2.71. The lowest BCUT2D eigenvalue weighted by Gasteiger charge is -2.27. The van der Waals surface area contributed by atoms with Crippen LogP contribution in [0.4, 0.5) is 4.79 Å². The first-order valence-corrected chi connectivity index (χ1v) is 6.04. The molecule has 2 fully saturated rings. The number of carbonyl (C=O) groups is 2. The maximum absolute atomic E-state index is 11.8. The Kier molecular flexibility index (Phi) is 4.03. The monoisotopic (exact) mass is 258 g/mol. The number of hydrogen-bond acceptors (Lipinski definition) is 5. The summed E-state index contributed by atoms with van der Waals surface area (Å²) in [4.78, 5) is 26.0. The highest BCUT2D eigenvalue weighted by atomic mass is 16.6. The number of carboxylic acids is 1.